The molecule has 0 saturated heterocycles. The molecule has 0 spiro atoms. The van der Waals surface area contributed by atoms with Crippen molar-refractivity contribution in [2.45, 2.75) is 6.42 Å². The third-order valence-electron chi connectivity index (χ3n) is 4.62. The van der Waals surface area contributed by atoms with Gasteiger partial charge in [-0.25, -0.2) is 0 Å². The summed E-state index contributed by atoms with van der Waals surface area (Å²) in [7, 11) is 0.979. The Bertz CT molecular complexity index is 958. The van der Waals surface area contributed by atoms with Crippen molar-refractivity contribution in [3.8, 4) is 11.1 Å². The molecule has 138 valence electrons. The van der Waals surface area contributed by atoms with Crippen molar-refractivity contribution in [3.05, 3.63) is 109 Å². The van der Waals surface area contributed by atoms with E-state index in [0.29, 0.717) is 0 Å². The van der Waals surface area contributed by atoms with Crippen LogP contribution in [0.5, 0.6) is 0 Å². The van der Waals surface area contributed by atoms with Gasteiger partial charge in [-0.1, -0.05) is 117 Å². The van der Waals surface area contributed by atoms with Gasteiger partial charge in [0.25, 0.3) is 0 Å². The van der Waals surface area contributed by atoms with Crippen LogP contribution in [0.25, 0.3) is 11.1 Å². The molecule has 0 saturated carbocycles. The highest BCUT2D eigenvalue weighted by Crippen LogP contribution is 2.74. The summed E-state index contributed by atoms with van der Waals surface area (Å²) >= 11 is 0. The van der Waals surface area contributed by atoms with Crippen LogP contribution in [-0.4, -0.2) is 12.0 Å². The van der Waals surface area contributed by atoms with E-state index in [-0.39, 0.29) is 14.9 Å². The number of rotatable bonds is 3. The van der Waals surface area contributed by atoms with Crippen LogP contribution in [0.15, 0.2) is 109 Å². The Morgan fingerprint density at radius 1 is 0.607 bits per heavy atom. The van der Waals surface area contributed by atoms with Crippen LogP contribution in [0.2, 0.25) is 0 Å². The Morgan fingerprint density at radius 2 is 1.29 bits per heavy atom. The molecule has 28 heavy (non-hydrogen) atoms. The first kappa shape index (κ1) is 19.5. The maximum absolute atomic E-state index is 2.38. The monoisotopic (exact) mass is 416 g/mol. The lowest BCUT2D eigenvalue weighted by molar-refractivity contribution is 1.24. The zero-order valence-electron chi connectivity index (χ0n) is 15.7. The van der Waals surface area contributed by atoms with Gasteiger partial charge in [-0.3, -0.25) is 0 Å². The highest BCUT2D eigenvalue weighted by Gasteiger charge is 2.22. The Labute approximate surface area is 172 Å². The van der Waals surface area contributed by atoms with Gasteiger partial charge in [0.1, 0.15) is 0 Å². The lowest BCUT2D eigenvalue weighted by atomic mass is 10.1. The lowest BCUT2D eigenvalue weighted by Gasteiger charge is -2.26. The van der Waals surface area contributed by atoms with Crippen molar-refractivity contribution in [1.82, 2.24) is 0 Å². The fourth-order valence-electron chi connectivity index (χ4n) is 3.21. The molecule has 1 aliphatic heterocycles. The summed E-state index contributed by atoms with van der Waals surface area (Å²) in [5.41, 5.74) is 2.59. The van der Waals surface area contributed by atoms with Gasteiger partial charge in [-0.2, -0.15) is 0 Å². The maximum Gasteiger partial charge on any atom is 0.00746 e. The average Bonchev–Trinajstić information content (AvgIpc) is 2.78. The van der Waals surface area contributed by atoms with Crippen LogP contribution in [0, 0.1) is 0 Å². The van der Waals surface area contributed by atoms with E-state index >= 15 is 0 Å². The highest BCUT2D eigenvalue weighted by atomic mass is 32.4. The van der Waals surface area contributed by atoms with Crippen LogP contribution in [0.1, 0.15) is 6.42 Å². The van der Waals surface area contributed by atoms with Gasteiger partial charge < -0.3 is 0 Å². The predicted molar refractivity (Wildman–Crippen MR) is 132 cm³/mol. The van der Waals surface area contributed by atoms with E-state index < -0.39 is 0 Å². The number of benzene rings is 3. The van der Waals surface area contributed by atoms with Crippen LogP contribution in [0.3, 0.4) is 0 Å². The SMILES string of the molecule is C1=CC=PP(c2ccccc2)P(c2ccc(-c3ccccc3)cc2)CCC=C1. The minimum Gasteiger partial charge on any atom is -0.0842 e. The van der Waals surface area contributed by atoms with E-state index in [9.17, 15) is 0 Å². The molecular weight excluding hydrogens is 393 g/mol. The average molecular weight is 416 g/mol. The molecule has 0 N–H and O–H groups in total. The maximum atomic E-state index is 2.38. The van der Waals surface area contributed by atoms with Crippen molar-refractivity contribution in [2.24, 2.45) is 0 Å². The molecule has 1 heterocycles. The molecule has 3 aromatic carbocycles. The van der Waals surface area contributed by atoms with Crippen molar-refractivity contribution < 1.29 is 0 Å². The molecule has 0 fully saturated rings. The molecule has 0 aliphatic carbocycles. The highest BCUT2D eigenvalue weighted by molar-refractivity contribution is 8.60. The van der Waals surface area contributed by atoms with E-state index in [2.05, 4.69) is 115 Å². The molecule has 1 aliphatic rings. The topological polar surface area (TPSA) is 0 Å². The van der Waals surface area contributed by atoms with Crippen molar-refractivity contribution in [2.75, 3.05) is 6.16 Å². The molecule has 0 radical (unpaired) electrons. The van der Waals surface area contributed by atoms with E-state index in [4.69, 9.17) is 0 Å². The summed E-state index contributed by atoms with van der Waals surface area (Å²) in [6.45, 7) is 0. The second-order valence-electron chi connectivity index (χ2n) is 6.53. The minimum absolute atomic E-state index is 0.224. The molecule has 0 bridgehead atoms. The third kappa shape index (κ3) is 4.96. The smallest absolute Gasteiger partial charge is 0.00746 e. The molecule has 4 rings (SSSR count). The predicted octanol–water partition coefficient (Wildman–Crippen LogP) is 7.36. The molecule has 2 atom stereocenters. The second kappa shape index (κ2) is 10.1. The summed E-state index contributed by atoms with van der Waals surface area (Å²) in [5, 5.41) is 3.05. The van der Waals surface area contributed by atoms with Crippen LogP contribution >= 0.6 is 22.8 Å². The summed E-state index contributed by atoms with van der Waals surface area (Å²) in [6.07, 6.45) is 11.3. The third-order valence-corrected chi connectivity index (χ3v) is 15.9. The molecular formula is C25H23P3. The van der Waals surface area contributed by atoms with Gasteiger partial charge in [-0.05, 0) is 47.7 Å². The van der Waals surface area contributed by atoms with Crippen LogP contribution < -0.4 is 10.6 Å². The van der Waals surface area contributed by atoms with Crippen molar-refractivity contribution >= 4 is 39.2 Å². The summed E-state index contributed by atoms with van der Waals surface area (Å²) in [4.78, 5) is 0. The summed E-state index contributed by atoms with van der Waals surface area (Å²) in [5.74, 6) is 2.34. The molecule has 0 aromatic heterocycles. The zero-order valence-corrected chi connectivity index (χ0v) is 18.4. The number of allylic oxidation sites excluding steroid dienone is 4. The quantitative estimate of drug-likeness (QED) is 0.391. The molecule has 0 nitrogen and oxygen atoms in total. The Kier molecular flexibility index (Phi) is 7.02. The second-order valence-corrected chi connectivity index (χ2v) is 15.4. The summed E-state index contributed by atoms with van der Waals surface area (Å²) in [6, 6.07) is 31.2. The van der Waals surface area contributed by atoms with Crippen LogP contribution in [-0.2, 0) is 0 Å². The van der Waals surface area contributed by atoms with Gasteiger partial charge in [0.15, 0.2) is 0 Å². The standard InChI is InChI=1S/C25H23P3/c1-2-10-20-26-28(25-14-8-5-9-15-25)27(21-11-3-1)24-18-16-23(17-19-24)22-12-6-4-7-13-22/h1-10,12-20H,11,21H2. The normalized spacial score (nSPS) is 20.0. The largest absolute Gasteiger partial charge is 0.0842 e. The van der Waals surface area contributed by atoms with Crippen molar-refractivity contribution in [3.63, 3.8) is 0 Å². The first-order valence-electron chi connectivity index (χ1n) is 9.56. The minimum atomic E-state index is -0.247. The van der Waals surface area contributed by atoms with Gasteiger partial charge in [0, 0.05) is 7.30 Å². The first-order valence-corrected chi connectivity index (χ1v) is 14.8. The van der Waals surface area contributed by atoms with Gasteiger partial charge in [-0.15, -0.1) is 0 Å². The Balaban J connectivity index is 1.69. The van der Waals surface area contributed by atoms with Crippen molar-refractivity contribution in [1.29, 1.82) is 0 Å². The fourth-order valence-corrected chi connectivity index (χ4v) is 14.4. The molecule has 0 amide bonds. The van der Waals surface area contributed by atoms with E-state index in [0.717, 1.165) is 6.42 Å². The zero-order chi connectivity index (χ0) is 19.0. The lowest BCUT2D eigenvalue weighted by Crippen LogP contribution is -2.06. The van der Waals surface area contributed by atoms with Crippen LogP contribution in [0.4, 0.5) is 0 Å². The first-order chi connectivity index (χ1) is 13.9. The van der Waals surface area contributed by atoms with E-state index in [1.54, 1.807) is 0 Å². The number of hydrogen-bond acceptors (Lipinski definition) is 0. The Hall–Kier alpha value is -1.83. The van der Waals surface area contributed by atoms with E-state index in [1.807, 2.05) is 0 Å². The van der Waals surface area contributed by atoms with E-state index in [1.165, 1.54) is 35.8 Å². The number of hydrogen-bond donors (Lipinski definition) is 0. The Morgan fingerprint density at radius 3 is 2.04 bits per heavy atom. The van der Waals surface area contributed by atoms with Gasteiger partial charge in [0.05, 0.1) is 0 Å². The molecule has 3 heteroatoms. The van der Waals surface area contributed by atoms with Gasteiger partial charge >= 0.3 is 0 Å². The fraction of sp³-hybridized carbons (Fsp3) is 0.0800. The summed E-state index contributed by atoms with van der Waals surface area (Å²) < 4.78 is 0. The van der Waals surface area contributed by atoms with Gasteiger partial charge in [0.2, 0.25) is 0 Å². The molecule has 3 aromatic rings. The molecule has 2 unspecified atom stereocenters.